The molecule has 0 saturated carbocycles. The molecule has 10 nitrogen and oxygen atoms in total. The molecule has 2 fully saturated rings. The van der Waals surface area contributed by atoms with E-state index in [2.05, 4.69) is 9.97 Å². The third-order valence-corrected chi connectivity index (χ3v) is 11.9. The first-order chi connectivity index (χ1) is 18.3. The van der Waals surface area contributed by atoms with Crippen LogP contribution in [0.5, 0.6) is 0 Å². The number of carbonyl (C=O) groups excluding carboxylic acids is 1. The number of aromatic nitrogens is 2. The number of halogens is 1. The third-order valence-electron chi connectivity index (χ3n) is 6.26. The number of rotatable bonds is 8. The highest BCUT2D eigenvalue weighted by atomic mass is 31.2. The fourth-order valence-electron chi connectivity index (χ4n) is 4.34. The van der Waals surface area contributed by atoms with Crippen LogP contribution in [0.2, 0.25) is 0 Å². The van der Waals surface area contributed by atoms with Crippen molar-refractivity contribution >= 4 is 21.0 Å². The quantitative estimate of drug-likeness (QED) is 0.229. The lowest BCUT2D eigenvalue weighted by atomic mass is 10.0. The van der Waals surface area contributed by atoms with Crippen molar-refractivity contribution in [2.75, 3.05) is 26.4 Å². The summed E-state index contributed by atoms with van der Waals surface area (Å²) in [6, 6.07) is 7.23. The highest BCUT2D eigenvalue weighted by molar-refractivity contribution is 7.72. The van der Waals surface area contributed by atoms with Gasteiger partial charge in [-0.25, -0.2) is 9.37 Å². The summed E-state index contributed by atoms with van der Waals surface area (Å²) in [7, 11) is -8.01. The number of nitrogens with zero attached hydrogens (tertiary/aromatic N) is 2. The number of benzene rings is 1. The number of pyridine rings is 1. The maximum atomic E-state index is 15.3. The molecule has 3 aromatic rings. The summed E-state index contributed by atoms with van der Waals surface area (Å²) in [5.74, 6) is -0.318. The van der Waals surface area contributed by atoms with Gasteiger partial charge in [0, 0.05) is 30.8 Å². The van der Waals surface area contributed by atoms with Gasteiger partial charge in [0.25, 0.3) is 0 Å². The summed E-state index contributed by atoms with van der Waals surface area (Å²) in [5.41, 5.74) is 1.25. The largest absolute Gasteiger partial charge is 0.441 e. The molecule has 0 amide bonds. The van der Waals surface area contributed by atoms with Gasteiger partial charge in [0.15, 0.2) is 11.2 Å². The summed E-state index contributed by atoms with van der Waals surface area (Å²) in [6.07, 6.45) is 4.51. The Morgan fingerprint density at radius 3 is 2.16 bits per heavy atom. The molecule has 2 aliphatic heterocycles. The first kappa shape index (κ1) is 27.1. The summed E-state index contributed by atoms with van der Waals surface area (Å²) in [5, 5.41) is -1.46. The molecule has 202 valence electrons. The average Bonchev–Trinajstić information content (AvgIpc) is 3.29. The Kier molecular flexibility index (Phi) is 8.05. The fraction of sp³-hybridized carbons (Fsp3) is 0.400. The number of Topliss-reactive ketones (excluding diaryl/α,β-unsaturated/α-hetero) is 1. The lowest BCUT2D eigenvalue weighted by Gasteiger charge is -2.35. The van der Waals surface area contributed by atoms with Crippen LogP contribution < -0.4 is 0 Å². The van der Waals surface area contributed by atoms with Gasteiger partial charge in [0.2, 0.25) is 5.89 Å². The Morgan fingerprint density at radius 2 is 1.58 bits per heavy atom. The molecule has 38 heavy (non-hydrogen) atoms. The number of oxazole rings is 1. The molecule has 5 rings (SSSR count). The summed E-state index contributed by atoms with van der Waals surface area (Å²) >= 11 is 0. The molecule has 0 bridgehead atoms. The molecule has 0 aliphatic carbocycles. The number of hydrogen-bond acceptors (Lipinski definition) is 10. The normalized spacial score (nSPS) is 18.9. The van der Waals surface area contributed by atoms with Gasteiger partial charge in [-0.3, -0.25) is 18.9 Å². The number of ketones is 1. The zero-order chi connectivity index (χ0) is 26.8. The Bertz CT molecular complexity index is 1360. The van der Waals surface area contributed by atoms with Crippen molar-refractivity contribution in [1.82, 2.24) is 9.97 Å². The highest BCUT2D eigenvalue weighted by Crippen LogP contribution is 2.79. The molecule has 2 saturated heterocycles. The van der Waals surface area contributed by atoms with Crippen molar-refractivity contribution in [3.05, 3.63) is 71.1 Å². The van der Waals surface area contributed by atoms with E-state index < -0.39 is 32.2 Å². The monoisotopic (exact) mass is 564 g/mol. The van der Waals surface area contributed by atoms with Crippen LogP contribution in [0.15, 0.2) is 47.1 Å². The van der Waals surface area contributed by atoms with Crippen molar-refractivity contribution in [3.63, 3.8) is 0 Å². The van der Waals surface area contributed by atoms with E-state index in [9.17, 15) is 13.9 Å². The number of carbonyl (C=O) groups is 1. The van der Waals surface area contributed by atoms with Gasteiger partial charge in [-0.05, 0) is 49.6 Å². The fourth-order valence-corrected chi connectivity index (χ4v) is 9.83. The van der Waals surface area contributed by atoms with Gasteiger partial charge in [0.1, 0.15) is 11.6 Å². The van der Waals surface area contributed by atoms with Gasteiger partial charge in [-0.15, -0.1) is 0 Å². The first-order valence-electron chi connectivity index (χ1n) is 12.3. The van der Waals surface area contributed by atoms with E-state index in [0.717, 1.165) is 11.6 Å². The Morgan fingerprint density at radius 1 is 0.974 bits per heavy atom. The molecule has 0 radical (unpaired) electrons. The zero-order valence-corrected chi connectivity index (χ0v) is 22.5. The molecule has 13 heteroatoms. The van der Waals surface area contributed by atoms with E-state index in [1.54, 1.807) is 31.5 Å². The third kappa shape index (κ3) is 5.59. The molecule has 2 aromatic heterocycles. The van der Waals surface area contributed by atoms with E-state index in [-0.39, 0.29) is 50.4 Å². The van der Waals surface area contributed by atoms with E-state index in [4.69, 9.17) is 22.5 Å². The minimum Gasteiger partial charge on any atom is -0.441 e. The summed E-state index contributed by atoms with van der Waals surface area (Å²) in [4.78, 5) is 21.4. The van der Waals surface area contributed by atoms with Gasteiger partial charge in [0.05, 0.1) is 37.7 Å². The molecular formula is C25H27FN2O8P2. The maximum Gasteiger partial charge on any atom is 0.350 e. The van der Waals surface area contributed by atoms with Gasteiger partial charge < -0.3 is 22.5 Å². The van der Waals surface area contributed by atoms with E-state index in [0.29, 0.717) is 30.2 Å². The summed E-state index contributed by atoms with van der Waals surface area (Å²) < 4.78 is 69.9. The summed E-state index contributed by atoms with van der Waals surface area (Å²) in [6.45, 7) is 2.30. The highest BCUT2D eigenvalue weighted by Gasteiger charge is 2.54. The molecule has 4 heterocycles. The SMILES string of the molecule is Cc1oc(-c2ccncc2)nc1CCC(=O)c1ccc(C(P2(=O)OCCCO2)P2(=O)OCCCO2)cc1F. The molecule has 0 atom stereocenters. The van der Waals surface area contributed by atoms with E-state index >= 15 is 4.39 Å². The van der Waals surface area contributed by atoms with Gasteiger partial charge >= 0.3 is 15.2 Å². The number of hydrogen-bond donors (Lipinski definition) is 0. The van der Waals surface area contributed by atoms with Crippen LogP contribution in [0.4, 0.5) is 4.39 Å². The van der Waals surface area contributed by atoms with E-state index in [1.165, 1.54) is 12.1 Å². The Balaban J connectivity index is 1.36. The smallest absolute Gasteiger partial charge is 0.350 e. The minimum absolute atomic E-state index is 0.0156. The van der Waals surface area contributed by atoms with Crippen molar-refractivity contribution in [1.29, 1.82) is 0 Å². The van der Waals surface area contributed by atoms with Gasteiger partial charge in [-0.2, -0.15) is 0 Å². The van der Waals surface area contributed by atoms with Crippen molar-refractivity contribution in [3.8, 4) is 11.5 Å². The van der Waals surface area contributed by atoms with Crippen LogP contribution in [0.3, 0.4) is 0 Å². The average molecular weight is 564 g/mol. The molecule has 2 aliphatic rings. The predicted molar refractivity (Wildman–Crippen MR) is 135 cm³/mol. The second-order valence-corrected chi connectivity index (χ2v) is 13.5. The van der Waals surface area contributed by atoms with Crippen LogP contribution in [0.1, 0.15) is 52.0 Å². The van der Waals surface area contributed by atoms with Crippen molar-refractivity contribution < 1.29 is 40.8 Å². The number of aryl methyl sites for hydroxylation is 2. The van der Waals surface area contributed by atoms with Crippen LogP contribution in [0, 0.1) is 12.7 Å². The molecule has 0 unspecified atom stereocenters. The van der Waals surface area contributed by atoms with Crippen LogP contribution >= 0.6 is 15.2 Å². The van der Waals surface area contributed by atoms with Crippen LogP contribution in [-0.2, 0) is 33.6 Å². The minimum atomic E-state index is -4.01. The standard InChI is InChI=1S/C25H27FN2O8P2/c1-17-22(28-24(36-17)18-8-10-27-11-9-18)6-7-23(29)20-5-4-19(16-21(20)26)25(37(30)32-12-2-13-33-37)38(31)34-14-3-15-35-38/h4-5,8-11,16,25H,2-3,6-7,12-15H2,1H3. The zero-order valence-electron chi connectivity index (χ0n) is 20.7. The van der Waals surface area contributed by atoms with Crippen molar-refractivity contribution in [2.24, 2.45) is 0 Å². The molecule has 1 aromatic carbocycles. The Labute approximate surface area is 218 Å². The topological polar surface area (TPSA) is 127 Å². The second kappa shape index (κ2) is 11.3. The molecule has 0 N–H and O–H groups in total. The molecular weight excluding hydrogens is 537 g/mol. The second-order valence-electron chi connectivity index (χ2n) is 8.91. The Hall–Kier alpha value is -2.52. The maximum absolute atomic E-state index is 15.3. The lowest BCUT2D eigenvalue weighted by molar-refractivity contribution is 0.0978. The van der Waals surface area contributed by atoms with Gasteiger partial charge in [-0.1, -0.05) is 6.07 Å². The van der Waals surface area contributed by atoms with Crippen LogP contribution in [0.25, 0.3) is 11.5 Å². The lowest BCUT2D eigenvalue weighted by Crippen LogP contribution is -2.19. The predicted octanol–water partition coefficient (Wildman–Crippen LogP) is 6.26. The molecule has 0 spiro atoms. The van der Waals surface area contributed by atoms with Crippen LogP contribution in [-0.4, -0.2) is 42.2 Å². The van der Waals surface area contributed by atoms with E-state index in [1.807, 2.05) is 0 Å². The first-order valence-corrected chi connectivity index (χ1v) is 15.5. The van der Waals surface area contributed by atoms with Crippen molar-refractivity contribution in [2.45, 2.75) is 38.0 Å².